The summed E-state index contributed by atoms with van der Waals surface area (Å²) in [6, 6.07) is 0. The van der Waals surface area contributed by atoms with Gasteiger partial charge in [0.15, 0.2) is 0 Å². The summed E-state index contributed by atoms with van der Waals surface area (Å²) in [6.07, 6.45) is 0. The first-order valence-electron chi connectivity index (χ1n) is 13.3. The lowest BCUT2D eigenvalue weighted by Gasteiger charge is -2.23. The number of hydrogen-bond donors (Lipinski definition) is 0. The van der Waals surface area contributed by atoms with Crippen molar-refractivity contribution in [1.82, 2.24) is 0 Å². The minimum Gasteiger partial charge on any atom is -0.392 e. The minimum absolute atomic E-state index is 0.484. The summed E-state index contributed by atoms with van der Waals surface area (Å²) < 4.78 is 66.0. The zero-order valence-corrected chi connectivity index (χ0v) is 26.6. The van der Waals surface area contributed by atoms with E-state index in [0.717, 1.165) is 0 Å². The Morgan fingerprint density at radius 1 is 0.289 bits per heavy atom. The zero-order valence-electron chi connectivity index (χ0n) is 24.6. The molecule has 38 heavy (non-hydrogen) atoms. The molecule has 0 aliphatic carbocycles. The van der Waals surface area contributed by atoms with Crippen LogP contribution in [0.5, 0.6) is 0 Å². The largest absolute Gasteiger partial charge is 0.392 e. The van der Waals surface area contributed by atoms with Crippen molar-refractivity contribution in [3.05, 3.63) is 0 Å². The maximum atomic E-state index is 5.87. The van der Waals surface area contributed by atoms with Crippen molar-refractivity contribution in [2.75, 3.05) is 133 Å². The number of methoxy groups -OCH3 is 2. The fraction of sp³-hybridized carbons (Fsp3) is 1.00. The number of hydrogen-bond acceptors (Lipinski definition) is 12. The van der Waals surface area contributed by atoms with Crippen LogP contribution < -0.4 is 0 Å². The normalized spacial score (nSPS) is 12.5. The van der Waals surface area contributed by atoms with Crippen LogP contribution >= 0.6 is 0 Å². The lowest BCUT2D eigenvalue weighted by molar-refractivity contribution is 0.00692. The Hall–Kier alpha value is -0.0462. The molecule has 0 aromatic rings. The number of rotatable bonds is 31. The van der Waals surface area contributed by atoms with Crippen LogP contribution in [0.4, 0.5) is 0 Å². The molecular weight excluding hydrogens is 536 g/mol. The van der Waals surface area contributed by atoms with E-state index >= 15 is 0 Å². The molecule has 12 nitrogen and oxygen atoms in total. The summed E-state index contributed by atoms with van der Waals surface area (Å²) in [5, 5.41) is 0. The predicted molar refractivity (Wildman–Crippen MR) is 147 cm³/mol. The van der Waals surface area contributed by atoms with Crippen molar-refractivity contribution < 1.29 is 55.6 Å². The second-order valence-corrected chi connectivity index (χ2v) is 15.6. The summed E-state index contributed by atoms with van der Waals surface area (Å²) in [5.74, 6) is 0. The average Bonchev–Trinajstić information content (AvgIpc) is 2.87. The van der Waals surface area contributed by atoms with Crippen LogP contribution in [0.1, 0.15) is 0 Å². The van der Waals surface area contributed by atoms with Crippen LogP contribution in [-0.4, -0.2) is 150 Å². The third-order valence-electron chi connectivity index (χ3n) is 4.69. The van der Waals surface area contributed by atoms with Gasteiger partial charge in [-0.1, -0.05) is 0 Å². The van der Waals surface area contributed by atoms with E-state index in [1.807, 2.05) is 26.2 Å². The molecule has 0 aliphatic rings. The molecule has 0 bridgehead atoms. The van der Waals surface area contributed by atoms with Gasteiger partial charge >= 0.3 is 17.1 Å². The lowest BCUT2D eigenvalue weighted by Crippen LogP contribution is -2.37. The standard InChI is InChI=1S/C24H54O12Si2/c1-25-7-9-27-11-13-29-17-21-33-37(3,4)35-23-19-31-15-16-32-20-24-36-38(5,6)34-22-18-30-14-12-28-10-8-26-2/h7-24H2,1-6H3. The molecule has 0 fully saturated rings. The van der Waals surface area contributed by atoms with Gasteiger partial charge in [0.25, 0.3) is 0 Å². The Balaban J connectivity index is 3.46. The Bertz CT molecular complexity index is 447. The van der Waals surface area contributed by atoms with E-state index in [1.165, 1.54) is 0 Å². The van der Waals surface area contributed by atoms with Gasteiger partial charge in [-0.15, -0.1) is 0 Å². The van der Waals surface area contributed by atoms with Gasteiger partial charge in [0, 0.05) is 14.2 Å². The van der Waals surface area contributed by atoms with Crippen molar-refractivity contribution in [2.24, 2.45) is 0 Å². The molecule has 230 valence electrons. The molecule has 14 heteroatoms. The van der Waals surface area contributed by atoms with E-state index in [-0.39, 0.29) is 0 Å². The maximum Gasteiger partial charge on any atom is 0.331 e. The highest BCUT2D eigenvalue weighted by atomic mass is 28.4. The van der Waals surface area contributed by atoms with Crippen molar-refractivity contribution in [1.29, 1.82) is 0 Å². The van der Waals surface area contributed by atoms with E-state index < -0.39 is 17.1 Å². The SMILES string of the molecule is COCCOCCOCCO[Si](C)(C)OCCOCCOCCO[Si](C)(C)OCCOCCOCCOC. The Morgan fingerprint density at radius 3 is 0.684 bits per heavy atom. The van der Waals surface area contributed by atoms with Gasteiger partial charge in [-0.05, 0) is 26.2 Å². The van der Waals surface area contributed by atoms with Crippen molar-refractivity contribution in [3.63, 3.8) is 0 Å². The van der Waals surface area contributed by atoms with Crippen LogP contribution in [-0.2, 0) is 55.6 Å². The summed E-state index contributed by atoms with van der Waals surface area (Å²) in [5.41, 5.74) is 0. The molecule has 0 saturated carbocycles. The quantitative estimate of drug-likeness (QED) is 0.0868. The third kappa shape index (κ3) is 28.9. The topological polar surface area (TPSA) is 111 Å². The molecule has 0 rings (SSSR count). The zero-order chi connectivity index (χ0) is 28.2. The van der Waals surface area contributed by atoms with Gasteiger partial charge in [-0.25, -0.2) is 0 Å². The first-order chi connectivity index (χ1) is 18.3. The first kappa shape index (κ1) is 38.0. The van der Waals surface area contributed by atoms with Crippen LogP contribution in [0.15, 0.2) is 0 Å². The second-order valence-electron chi connectivity index (χ2n) is 8.85. The third-order valence-corrected chi connectivity index (χ3v) is 8.29. The van der Waals surface area contributed by atoms with Crippen LogP contribution in [0.2, 0.25) is 26.2 Å². The van der Waals surface area contributed by atoms with Gasteiger partial charge in [0.1, 0.15) is 0 Å². The van der Waals surface area contributed by atoms with Gasteiger partial charge in [-0.2, -0.15) is 0 Å². The summed E-state index contributed by atoms with van der Waals surface area (Å²) in [6.45, 7) is 17.5. The molecule has 0 amide bonds. The molecule has 0 saturated heterocycles. The first-order valence-corrected chi connectivity index (χ1v) is 19.0. The molecule has 0 atom stereocenters. The summed E-state index contributed by atoms with van der Waals surface area (Å²) >= 11 is 0. The van der Waals surface area contributed by atoms with E-state index in [2.05, 4.69) is 0 Å². The fourth-order valence-corrected chi connectivity index (χ4v) is 5.19. The van der Waals surface area contributed by atoms with Crippen molar-refractivity contribution >= 4 is 17.1 Å². The molecule has 0 radical (unpaired) electrons. The monoisotopic (exact) mass is 590 g/mol. The Labute approximate surface area is 232 Å². The maximum absolute atomic E-state index is 5.87. The Morgan fingerprint density at radius 2 is 0.474 bits per heavy atom. The highest BCUT2D eigenvalue weighted by molar-refractivity contribution is 6.64. The molecule has 0 aromatic heterocycles. The predicted octanol–water partition coefficient (Wildman–Crippen LogP) is 1.85. The summed E-state index contributed by atoms with van der Waals surface area (Å²) in [7, 11) is -1.10. The molecular formula is C24H54O12Si2. The van der Waals surface area contributed by atoms with Crippen molar-refractivity contribution in [2.45, 2.75) is 26.2 Å². The van der Waals surface area contributed by atoms with E-state index in [0.29, 0.717) is 119 Å². The molecule has 0 unspecified atom stereocenters. The van der Waals surface area contributed by atoms with Crippen LogP contribution in [0.25, 0.3) is 0 Å². The van der Waals surface area contributed by atoms with E-state index in [9.17, 15) is 0 Å². The minimum atomic E-state index is -2.20. The Kier molecular flexibility index (Phi) is 27.1. The summed E-state index contributed by atoms with van der Waals surface area (Å²) in [4.78, 5) is 0. The van der Waals surface area contributed by atoms with Gasteiger partial charge < -0.3 is 55.6 Å². The van der Waals surface area contributed by atoms with Gasteiger partial charge in [-0.3, -0.25) is 0 Å². The van der Waals surface area contributed by atoms with Crippen LogP contribution in [0.3, 0.4) is 0 Å². The van der Waals surface area contributed by atoms with E-state index in [4.69, 9.17) is 55.6 Å². The number of ether oxygens (including phenoxy) is 8. The van der Waals surface area contributed by atoms with Gasteiger partial charge in [0.2, 0.25) is 0 Å². The highest BCUT2D eigenvalue weighted by Crippen LogP contribution is 2.07. The van der Waals surface area contributed by atoms with Crippen molar-refractivity contribution in [3.8, 4) is 0 Å². The second kappa shape index (κ2) is 27.1. The fourth-order valence-electron chi connectivity index (χ4n) is 2.72. The van der Waals surface area contributed by atoms with Gasteiger partial charge in [0.05, 0.1) is 119 Å². The lowest BCUT2D eigenvalue weighted by atomic mass is 10.7. The molecule has 0 N–H and O–H groups in total. The molecule has 0 spiro atoms. The average molecular weight is 591 g/mol. The molecule has 0 aromatic carbocycles. The smallest absolute Gasteiger partial charge is 0.331 e. The van der Waals surface area contributed by atoms with Crippen LogP contribution in [0, 0.1) is 0 Å². The highest BCUT2D eigenvalue weighted by Gasteiger charge is 2.25. The molecule has 0 heterocycles. The van der Waals surface area contributed by atoms with E-state index in [1.54, 1.807) is 14.2 Å². The molecule has 0 aliphatic heterocycles.